The van der Waals surface area contributed by atoms with Gasteiger partial charge in [-0.05, 0) is 68.0 Å². The molecule has 0 spiro atoms. The molecule has 1 amide bonds. The van der Waals surface area contributed by atoms with Crippen LogP contribution in [0.4, 0.5) is 0 Å². The summed E-state index contributed by atoms with van der Waals surface area (Å²) in [7, 11) is 5.14. The number of methoxy groups -OCH3 is 2. The average Bonchev–Trinajstić information content (AvgIpc) is 2.63. The van der Waals surface area contributed by atoms with E-state index >= 15 is 0 Å². The fourth-order valence-electron chi connectivity index (χ4n) is 3.50. The lowest BCUT2D eigenvalue weighted by Crippen LogP contribution is -2.36. The molecule has 1 aliphatic heterocycles. The molecule has 5 nitrogen and oxygen atoms in total. The van der Waals surface area contributed by atoms with Crippen molar-refractivity contribution < 1.29 is 14.3 Å². The van der Waals surface area contributed by atoms with Crippen molar-refractivity contribution in [1.82, 2.24) is 10.2 Å². The molecule has 1 aliphatic rings. The van der Waals surface area contributed by atoms with E-state index in [0.717, 1.165) is 30.0 Å². The van der Waals surface area contributed by atoms with Gasteiger partial charge in [0.2, 0.25) is 5.91 Å². The number of aryl methyl sites for hydroxylation is 1. The maximum atomic E-state index is 12.6. The number of carbonyl (C=O) groups excluding carboxylic acids is 1. The zero-order valence-corrected chi connectivity index (χ0v) is 17.4. The molecule has 1 fully saturated rings. The number of piperidine rings is 1. The van der Waals surface area contributed by atoms with Gasteiger partial charge >= 0.3 is 0 Å². The zero-order valence-electron chi connectivity index (χ0n) is 16.6. The highest BCUT2D eigenvalue weighted by Crippen LogP contribution is 2.31. The third-order valence-electron chi connectivity index (χ3n) is 5.31. The summed E-state index contributed by atoms with van der Waals surface area (Å²) in [5.74, 6) is 2.64. The van der Waals surface area contributed by atoms with Gasteiger partial charge in [0.05, 0.1) is 14.2 Å². The number of benzene rings is 1. The molecule has 2 unspecified atom stereocenters. The van der Waals surface area contributed by atoms with Crippen LogP contribution in [0.1, 0.15) is 37.3 Å². The second-order valence-electron chi connectivity index (χ2n) is 7.17. The molecule has 1 aromatic rings. The normalized spacial score (nSPS) is 17.8. The lowest BCUT2D eigenvalue weighted by Gasteiger charge is -2.29. The molecule has 0 radical (unpaired) electrons. The smallest absolute Gasteiger partial charge is 0.222 e. The number of nitrogens with zero attached hydrogens (tertiary/aromatic N) is 1. The van der Waals surface area contributed by atoms with Crippen LogP contribution in [0, 0.1) is 18.8 Å². The molecule has 148 valence electrons. The number of nitrogens with one attached hydrogen (secondary N) is 1. The summed E-state index contributed by atoms with van der Waals surface area (Å²) < 4.78 is 10.7. The summed E-state index contributed by atoms with van der Waals surface area (Å²) in [5.41, 5.74) is 2.18. The highest BCUT2D eigenvalue weighted by Gasteiger charge is 2.23. The molecule has 0 aromatic heterocycles. The van der Waals surface area contributed by atoms with E-state index in [0.29, 0.717) is 30.6 Å². The van der Waals surface area contributed by atoms with Crippen LogP contribution in [0.5, 0.6) is 11.5 Å². The summed E-state index contributed by atoms with van der Waals surface area (Å²) >= 11 is 0. The predicted octanol–water partition coefficient (Wildman–Crippen LogP) is 3.42. The number of hydrogen-bond donors (Lipinski definition) is 1. The van der Waals surface area contributed by atoms with Crippen LogP contribution in [0.25, 0.3) is 0 Å². The van der Waals surface area contributed by atoms with Crippen molar-refractivity contribution in [2.24, 2.45) is 11.8 Å². The lowest BCUT2D eigenvalue weighted by atomic mass is 9.85. The Bertz CT molecular complexity index is 589. The minimum Gasteiger partial charge on any atom is -0.493 e. The first-order valence-corrected chi connectivity index (χ1v) is 9.12. The van der Waals surface area contributed by atoms with Crippen molar-refractivity contribution in [3.05, 3.63) is 23.3 Å². The Labute approximate surface area is 163 Å². The molecule has 1 N–H and O–H groups in total. The first-order chi connectivity index (χ1) is 12.0. The molecule has 1 aromatic carbocycles. The van der Waals surface area contributed by atoms with E-state index in [9.17, 15) is 4.79 Å². The average molecular weight is 385 g/mol. The van der Waals surface area contributed by atoms with Crippen molar-refractivity contribution in [1.29, 1.82) is 0 Å². The molecule has 2 atom stereocenters. The number of hydrogen-bond acceptors (Lipinski definition) is 4. The van der Waals surface area contributed by atoms with Crippen molar-refractivity contribution in [3.63, 3.8) is 0 Å². The van der Waals surface area contributed by atoms with Crippen LogP contribution in [0.3, 0.4) is 0 Å². The topological polar surface area (TPSA) is 50.8 Å². The Morgan fingerprint density at radius 3 is 2.54 bits per heavy atom. The van der Waals surface area contributed by atoms with Gasteiger partial charge in [0.1, 0.15) is 0 Å². The second kappa shape index (κ2) is 10.6. The Morgan fingerprint density at radius 1 is 1.31 bits per heavy atom. The van der Waals surface area contributed by atoms with Crippen LogP contribution < -0.4 is 14.8 Å². The quantitative estimate of drug-likeness (QED) is 0.782. The summed E-state index contributed by atoms with van der Waals surface area (Å²) in [6.07, 6.45) is 3.04. The Hall–Kier alpha value is -1.46. The van der Waals surface area contributed by atoms with E-state index in [2.05, 4.69) is 12.2 Å². The number of ether oxygens (including phenoxy) is 2. The van der Waals surface area contributed by atoms with Crippen molar-refractivity contribution in [2.45, 2.75) is 39.7 Å². The molecule has 2 rings (SSSR count). The van der Waals surface area contributed by atoms with Crippen LogP contribution >= 0.6 is 12.4 Å². The highest BCUT2D eigenvalue weighted by atomic mass is 35.5. The van der Waals surface area contributed by atoms with Gasteiger partial charge in [-0.15, -0.1) is 12.4 Å². The van der Waals surface area contributed by atoms with Crippen LogP contribution in [0.2, 0.25) is 0 Å². The monoisotopic (exact) mass is 384 g/mol. The number of carbonyl (C=O) groups is 1. The van der Waals surface area contributed by atoms with Gasteiger partial charge in [-0.25, -0.2) is 0 Å². The minimum absolute atomic E-state index is 0. The van der Waals surface area contributed by atoms with E-state index in [4.69, 9.17) is 9.47 Å². The number of halogens is 1. The van der Waals surface area contributed by atoms with Crippen LogP contribution in [-0.4, -0.2) is 45.2 Å². The van der Waals surface area contributed by atoms with E-state index < -0.39 is 0 Å². The van der Waals surface area contributed by atoms with Gasteiger partial charge in [-0.2, -0.15) is 0 Å². The van der Waals surface area contributed by atoms with Crippen molar-refractivity contribution in [2.75, 3.05) is 34.4 Å². The summed E-state index contributed by atoms with van der Waals surface area (Å²) in [6, 6.07) is 3.93. The standard InChI is InChI=1S/C20H32N2O3.ClH/c1-14-9-18(24-4)19(25-5)11-17(14)13-22(3)20(23)10-15(2)16-7-6-8-21-12-16;/h9,11,15-16,21H,6-8,10,12-13H2,1-5H3;1H. The van der Waals surface area contributed by atoms with Gasteiger partial charge in [-0.1, -0.05) is 6.92 Å². The second-order valence-corrected chi connectivity index (χ2v) is 7.17. The molecule has 26 heavy (non-hydrogen) atoms. The molecular weight excluding hydrogens is 352 g/mol. The molecule has 6 heteroatoms. The van der Waals surface area contributed by atoms with Gasteiger partial charge in [0, 0.05) is 20.0 Å². The Kier molecular flexibility index (Phi) is 9.23. The molecule has 0 bridgehead atoms. The van der Waals surface area contributed by atoms with E-state index in [1.807, 2.05) is 31.0 Å². The lowest BCUT2D eigenvalue weighted by molar-refractivity contribution is -0.131. The first kappa shape index (κ1) is 22.6. The third kappa shape index (κ3) is 5.78. The van der Waals surface area contributed by atoms with Crippen molar-refractivity contribution >= 4 is 18.3 Å². The summed E-state index contributed by atoms with van der Waals surface area (Å²) in [6.45, 7) is 6.96. The zero-order chi connectivity index (χ0) is 18.4. The SMILES string of the molecule is COc1cc(C)c(CN(C)C(=O)CC(C)C2CCCNC2)cc1OC.Cl. The Morgan fingerprint density at radius 2 is 1.96 bits per heavy atom. The third-order valence-corrected chi connectivity index (χ3v) is 5.31. The first-order valence-electron chi connectivity index (χ1n) is 9.12. The maximum Gasteiger partial charge on any atom is 0.222 e. The molecule has 1 heterocycles. The fourth-order valence-corrected chi connectivity index (χ4v) is 3.50. The van der Waals surface area contributed by atoms with Crippen LogP contribution in [0.15, 0.2) is 12.1 Å². The minimum atomic E-state index is 0. The summed E-state index contributed by atoms with van der Waals surface area (Å²) in [4.78, 5) is 14.5. The number of rotatable bonds is 7. The van der Waals surface area contributed by atoms with Crippen molar-refractivity contribution in [3.8, 4) is 11.5 Å². The van der Waals surface area contributed by atoms with E-state index in [-0.39, 0.29) is 18.3 Å². The summed E-state index contributed by atoms with van der Waals surface area (Å²) in [5, 5.41) is 3.44. The predicted molar refractivity (Wildman–Crippen MR) is 107 cm³/mol. The molecular formula is C20H33ClN2O3. The molecule has 1 saturated heterocycles. The van der Waals surface area contributed by atoms with Gasteiger partial charge < -0.3 is 19.7 Å². The van der Waals surface area contributed by atoms with Gasteiger partial charge in [0.15, 0.2) is 11.5 Å². The van der Waals surface area contributed by atoms with Gasteiger partial charge in [0.25, 0.3) is 0 Å². The molecule has 0 aliphatic carbocycles. The maximum absolute atomic E-state index is 12.6. The largest absolute Gasteiger partial charge is 0.493 e. The Balaban J connectivity index is 0.00000338. The van der Waals surface area contributed by atoms with Gasteiger partial charge in [-0.3, -0.25) is 4.79 Å². The number of amides is 1. The van der Waals surface area contributed by atoms with E-state index in [1.165, 1.54) is 12.8 Å². The fraction of sp³-hybridized carbons (Fsp3) is 0.650. The highest BCUT2D eigenvalue weighted by molar-refractivity contribution is 5.85. The molecule has 0 saturated carbocycles. The van der Waals surface area contributed by atoms with E-state index in [1.54, 1.807) is 14.2 Å². The van der Waals surface area contributed by atoms with Crippen LogP contribution in [-0.2, 0) is 11.3 Å².